The molecule has 1 aromatic carbocycles. The number of methoxy groups -OCH3 is 1. The third-order valence-electron chi connectivity index (χ3n) is 6.58. The van der Waals surface area contributed by atoms with Crippen LogP contribution in [-0.4, -0.2) is 74.6 Å². The summed E-state index contributed by atoms with van der Waals surface area (Å²) in [5, 5.41) is 0.200. The van der Waals surface area contributed by atoms with Gasteiger partial charge in [0.25, 0.3) is 11.8 Å². The van der Waals surface area contributed by atoms with Crippen LogP contribution >= 0.6 is 11.6 Å². The summed E-state index contributed by atoms with van der Waals surface area (Å²) in [6.45, 7) is 2.27. The summed E-state index contributed by atoms with van der Waals surface area (Å²) in [7, 11) is -2.04. The van der Waals surface area contributed by atoms with Crippen molar-refractivity contribution in [2.24, 2.45) is 5.41 Å². The maximum absolute atomic E-state index is 13.2. The zero-order valence-electron chi connectivity index (χ0n) is 18.6. The number of aromatic nitrogens is 1. The number of halogens is 1. The molecule has 2 aliphatic rings. The van der Waals surface area contributed by atoms with E-state index in [-0.39, 0.29) is 32.8 Å². The number of sulfone groups is 1. The van der Waals surface area contributed by atoms with E-state index < -0.39 is 9.84 Å². The lowest BCUT2D eigenvalue weighted by Crippen LogP contribution is -2.44. The van der Waals surface area contributed by atoms with E-state index in [4.69, 9.17) is 16.3 Å². The van der Waals surface area contributed by atoms with E-state index in [0.29, 0.717) is 37.6 Å². The quantitative estimate of drug-likeness (QED) is 0.610. The Morgan fingerprint density at radius 3 is 2.30 bits per heavy atom. The molecule has 8 nitrogen and oxygen atoms in total. The Morgan fingerprint density at radius 1 is 1.03 bits per heavy atom. The molecule has 2 amide bonds. The van der Waals surface area contributed by atoms with Gasteiger partial charge in [-0.05, 0) is 42.9 Å². The Labute approximate surface area is 198 Å². The molecule has 0 unspecified atom stereocenters. The fourth-order valence-electron chi connectivity index (χ4n) is 4.72. The van der Waals surface area contributed by atoms with Gasteiger partial charge in [-0.1, -0.05) is 23.7 Å². The number of hydrogen-bond donors (Lipinski definition) is 0. The van der Waals surface area contributed by atoms with E-state index in [1.807, 2.05) is 0 Å². The molecule has 10 heteroatoms. The first-order chi connectivity index (χ1) is 15.6. The van der Waals surface area contributed by atoms with Crippen LogP contribution in [0.4, 0.5) is 0 Å². The molecule has 176 valence electrons. The summed E-state index contributed by atoms with van der Waals surface area (Å²) < 4.78 is 29.3. The highest BCUT2D eigenvalue weighted by Gasteiger charge is 2.43. The number of pyridine rings is 1. The Hall–Kier alpha value is -2.65. The van der Waals surface area contributed by atoms with Crippen LogP contribution in [0.25, 0.3) is 0 Å². The SMILES string of the molecule is COc1cc(C(=O)N2CCC3(CC2)CCN(C(=O)c2ccccc2S(C)(=O)=O)C3)cc(Cl)n1. The van der Waals surface area contributed by atoms with Crippen molar-refractivity contribution in [3.05, 3.63) is 52.7 Å². The second-order valence-electron chi connectivity index (χ2n) is 8.76. The minimum absolute atomic E-state index is 0.0582. The molecule has 2 saturated heterocycles. The number of likely N-dealkylation sites (tertiary alicyclic amines) is 2. The number of nitrogens with zero attached hydrogens (tertiary/aromatic N) is 3. The highest BCUT2D eigenvalue weighted by atomic mass is 35.5. The van der Waals surface area contributed by atoms with Gasteiger partial charge in [0.05, 0.1) is 17.6 Å². The number of ether oxygens (including phenoxy) is 1. The Morgan fingerprint density at radius 2 is 1.67 bits per heavy atom. The largest absolute Gasteiger partial charge is 0.481 e. The molecule has 2 aliphatic heterocycles. The second kappa shape index (κ2) is 8.95. The standard InChI is InChI=1S/C23H26ClN3O5S/c1-32-20-14-16(13-19(24)25-20)21(28)26-10-7-23(8-11-26)9-12-27(15-23)22(29)17-5-3-4-6-18(17)33(2,30)31/h3-6,13-14H,7-12,15H2,1-2H3. The molecule has 1 spiro atoms. The van der Waals surface area contributed by atoms with Crippen molar-refractivity contribution in [3.8, 4) is 5.88 Å². The summed E-state index contributed by atoms with van der Waals surface area (Å²) in [5.41, 5.74) is 0.580. The maximum Gasteiger partial charge on any atom is 0.255 e. The lowest BCUT2D eigenvalue weighted by molar-refractivity contribution is 0.0564. The predicted octanol–water partition coefficient (Wildman–Crippen LogP) is 2.92. The molecule has 0 saturated carbocycles. The molecular formula is C23H26ClN3O5S. The van der Waals surface area contributed by atoms with Crippen LogP contribution < -0.4 is 4.74 Å². The number of rotatable bonds is 4. The molecule has 0 atom stereocenters. The monoisotopic (exact) mass is 491 g/mol. The van der Waals surface area contributed by atoms with Crippen LogP contribution in [0.1, 0.15) is 40.0 Å². The number of hydrogen-bond acceptors (Lipinski definition) is 6. The highest BCUT2D eigenvalue weighted by Crippen LogP contribution is 2.41. The minimum Gasteiger partial charge on any atom is -0.481 e. The topological polar surface area (TPSA) is 96.9 Å². The molecule has 3 heterocycles. The van der Waals surface area contributed by atoms with Gasteiger partial charge in [-0.25, -0.2) is 13.4 Å². The molecular weight excluding hydrogens is 466 g/mol. The number of benzene rings is 1. The summed E-state index contributed by atoms with van der Waals surface area (Å²) in [4.78, 5) is 33.7. The van der Waals surface area contributed by atoms with Crippen LogP contribution in [0.15, 0.2) is 41.3 Å². The van der Waals surface area contributed by atoms with Gasteiger partial charge in [0.15, 0.2) is 9.84 Å². The van der Waals surface area contributed by atoms with Crippen LogP contribution in [0.3, 0.4) is 0 Å². The fourth-order valence-corrected chi connectivity index (χ4v) is 5.80. The number of piperidine rings is 1. The summed E-state index contributed by atoms with van der Waals surface area (Å²) in [6, 6.07) is 9.45. The third-order valence-corrected chi connectivity index (χ3v) is 7.93. The Balaban J connectivity index is 1.43. The second-order valence-corrected chi connectivity index (χ2v) is 11.1. The fraction of sp³-hybridized carbons (Fsp3) is 0.435. The normalized spacial score (nSPS) is 17.9. The number of carbonyl (C=O) groups is 2. The Kier molecular flexibility index (Phi) is 6.37. The smallest absolute Gasteiger partial charge is 0.255 e. The van der Waals surface area contributed by atoms with Crippen molar-refractivity contribution >= 4 is 33.3 Å². The van der Waals surface area contributed by atoms with Crippen LogP contribution in [-0.2, 0) is 9.84 Å². The van der Waals surface area contributed by atoms with Gasteiger partial charge in [-0.2, -0.15) is 0 Å². The van der Waals surface area contributed by atoms with Crippen molar-refractivity contribution < 1.29 is 22.7 Å². The van der Waals surface area contributed by atoms with Gasteiger partial charge in [0, 0.05) is 44.1 Å². The summed E-state index contributed by atoms with van der Waals surface area (Å²) in [6.07, 6.45) is 3.48. The average molecular weight is 492 g/mol. The van der Waals surface area contributed by atoms with E-state index >= 15 is 0 Å². The summed E-state index contributed by atoms with van der Waals surface area (Å²) >= 11 is 6.01. The van der Waals surface area contributed by atoms with Gasteiger partial charge in [-0.3, -0.25) is 9.59 Å². The van der Waals surface area contributed by atoms with Crippen LogP contribution in [0, 0.1) is 5.41 Å². The molecule has 4 rings (SSSR count). The number of amides is 2. The van der Waals surface area contributed by atoms with Crippen molar-refractivity contribution in [1.29, 1.82) is 0 Å². The van der Waals surface area contributed by atoms with E-state index in [2.05, 4.69) is 4.98 Å². The highest BCUT2D eigenvalue weighted by molar-refractivity contribution is 7.90. The first-order valence-electron chi connectivity index (χ1n) is 10.7. The van der Waals surface area contributed by atoms with Gasteiger partial charge >= 0.3 is 0 Å². The van der Waals surface area contributed by atoms with E-state index in [1.165, 1.54) is 19.2 Å². The first kappa shape index (κ1) is 23.5. The molecule has 0 aliphatic carbocycles. The van der Waals surface area contributed by atoms with Gasteiger partial charge in [0.1, 0.15) is 5.15 Å². The van der Waals surface area contributed by atoms with E-state index in [0.717, 1.165) is 25.5 Å². The maximum atomic E-state index is 13.2. The van der Waals surface area contributed by atoms with Crippen molar-refractivity contribution in [3.63, 3.8) is 0 Å². The first-order valence-corrected chi connectivity index (χ1v) is 13.0. The molecule has 1 aromatic heterocycles. The summed E-state index contributed by atoms with van der Waals surface area (Å²) in [5.74, 6) is -0.0935. The van der Waals surface area contributed by atoms with E-state index in [9.17, 15) is 18.0 Å². The van der Waals surface area contributed by atoms with Gasteiger partial charge < -0.3 is 14.5 Å². The molecule has 2 fully saturated rings. The molecule has 2 aromatic rings. The zero-order chi connectivity index (χ0) is 23.8. The van der Waals surface area contributed by atoms with Crippen molar-refractivity contribution in [2.45, 2.75) is 24.2 Å². The lowest BCUT2D eigenvalue weighted by Gasteiger charge is -2.39. The van der Waals surface area contributed by atoms with Gasteiger partial charge in [0.2, 0.25) is 5.88 Å². The lowest BCUT2D eigenvalue weighted by atomic mass is 9.77. The third kappa shape index (κ3) is 4.84. The number of carbonyl (C=O) groups excluding carboxylic acids is 2. The van der Waals surface area contributed by atoms with Crippen molar-refractivity contribution in [1.82, 2.24) is 14.8 Å². The van der Waals surface area contributed by atoms with E-state index in [1.54, 1.807) is 34.1 Å². The van der Waals surface area contributed by atoms with Crippen LogP contribution in [0.2, 0.25) is 5.15 Å². The average Bonchev–Trinajstić information content (AvgIpc) is 3.21. The molecule has 0 bridgehead atoms. The molecule has 0 radical (unpaired) electrons. The van der Waals surface area contributed by atoms with Crippen LogP contribution in [0.5, 0.6) is 5.88 Å². The van der Waals surface area contributed by atoms with Crippen molar-refractivity contribution in [2.75, 3.05) is 39.5 Å². The minimum atomic E-state index is -3.51. The molecule has 33 heavy (non-hydrogen) atoms. The predicted molar refractivity (Wildman–Crippen MR) is 123 cm³/mol. The Bertz CT molecular complexity index is 1190. The van der Waals surface area contributed by atoms with Gasteiger partial charge in [-0.15, -0.1) is 0 Å². The zero-order valence-corrected chi connectivity index (χ0v) is 20.2. The molecule has 0 N–H and O–H groups in total.